The lowest BCUT2D eigenvalue weighted by molar-refractivity contribution is -0.195. The van der Waals surface area contributed by atoms with Gasteiger partial charge in [-0.15, -0.1) is 5.53 Å². The van der Waals surface area contributed by atoms with E-state index in [9.17, 15) is 18.4 Å². The second kappa shape index (κ2) is 11.1. The monoisotopic (exact) mass is 571 g/mol. The molecule has 4 rings (SSSR count). The zero-order chi connectivity index (χ0) is 29.3. The van der Waals surface area contributed by atoms with Gasteiger partial charge in [0.2, 0.25) is 0 Å². The zero-order valence-corrected chi connectivity index (χ0v) is 23.6. The van der Waals surface area contributed by atoms with Crippen molar-refractivity contribution in [3.05, 3.63) is 77.3 Å². The van der Waals surface area contributed by atoms with Crippen molar-refractivity contribution in [3.8, 4) is 6.07 Å². The van der Waals surface area contributed by atoms with Gasteiger partial charge in [-0.1, -0.05) is 63.3 Å². The van der Waals surface area contributed by atoms with Gasteiger partial charge in [0.25, 0.3) is 0 Å². The lowest BCUT2D eigenvalue weighted by atomic mass is 9.96. The maximum Gasteiger partial charge on any atom is 0.413 e. The molecule has 7 nitrogen and oxygen atoms in total. The van der Waals surface area contributed by atoms with E-state index >= 15 is 0 Å². The molecular formula is C29H33ClF3N7. The summed E-state index contributed by atoms with van der Waals surface area (Å²) in [6.07, 6.45) is 5.84. The van der Waals surface area contributed by atoms with Crippen LogP contribution in [0, 0.1) is 16.7 Å². The molecule has 1 saturated carbocycles. The van der Waals surface area contributed by atoms with Crippen molar-refractivity contribution >= 4 is 33.9 Å². The maximum atomic E-state index is 13.8. The van der Waals surface area contributed by atoms with Crippen LogP contribution in [0.25, 0.3) is 10.9 Å². The maximum absolute atomic E-state index is 13.8. The van der Waals surface area contributed by atoms with Gasteiger partial charge in [0.05, 0.1) is 33.5 Å². The Hall–Kier alpha value is -3.68. The largest absolute Gasteiger partial charge is 0.413 e. The molecule has 1 aliphatic heterocycles. The topological polar surface area (TPSA) is 88.0 Å². The average molecular weight is 572 g/mol. The highest BCUT2D eigenvalue weighted by Gasteiger charge is 2.67. The van der Waals surface area contributed by atoms with E-state index in [1.54, 1.807) is 18.2 Å². The number of rotatable bonds is 9. The molecule has 0 amide bonds. The molecule has 2 heterocycles. The number of pyridine rings is 1. The SMILES string of the molecule is C=C(/C=C\C=C/C)[C@H](Nc1cc(Cl)c2ncc(C#N)c(NCC(C)(C)C)c2c1)C1=CN(C2(C(F)(F)F)CC2)NN1. The second-order valence-corrected chi connectivity index (χ2v) is 11.6. The van der Waals surface area contributed by atoms with E-state index in [0.29, 0.717) is 50.7 Å². The van der Waals surface area contributed by atoms with Crippen LogP contribution in [0.3, 0.4) is 0 Å². The fourth-order valence-corrected chi connectivity index (χ4v) is 4.65. The van der Waals surface area contributed by atoms with Gasteiger partial charge < -0.3 is 16.1 Å². The molecule has 1 atom stereocenters. The number of alkyl halides is 3. The lowest BCUT2D eigenvalue weighted by Crippen LogP contribution is -2.52. The third-order valence-electron chi connectivity index (χ3n) is 6.75. The number of allylic oxidation sites excluding steroid dienone is 3. The van der Waals surface area contributed by atoms with E-state index < -0.39 is 17.8 Å². The first-order valence-electron chi connectivity index (χ1n) is 12.9. The number of aromatic nitrogens is 1. The van der Waals surface area contributed by atoms with E-state index in [1.807, 2.05) is 25.1 Å². The van der Waals surface area contributed by atoms with Gasteiger partial charge in [-0.25, -0.2) is 0 Å². The fourth-order valence-electron chi connectivity index (χ4n) is 4.38. The number of anilines is 2. The summed E-state index contributed by atoms with van der Waals surface area (Å²) in [5.74, 6) is 0. The van der Waals surface area contributed by atoms with Gasteiger partial charge in [-0.2, -0.15) is 18.4 Å². The number of nitrogens with one attached hydrogen (secondary N) is 4. The summed E-state index contributed by atoms with van der Waals surface area (Å²) >= 11 is 6.65. The van der Waals surface area contributed by atoms with Gasteiger partial charge in [0.1, 0.15) is 6.07 Å². The Morgan fingerprint density at radius 2 is 2.02 bits per heavy atom. The van der Waals surface area contributed by atoms with Gasteiger partial charge in [-0.3, -0.25) is 9.99 Å². The summed E-state index contributed by atoms with van der Waals surface area (Å²) in [4.78, 5) is 4.40. The number of benzene rings is 1. The van der Waals surface area contributed by atoms with Crippen LogP contribution in [-0.4, -0.2) is 34.3 Å². The summed E-state index contributed by atoms with van der Waals surface area (Å²) in [6, 6.07) is 5.09. The quantitative estimate of drug-likeness (QED) is 0.242. The van der Waals surface area contributed by atoms with Crippen LogP contribution in [0.2, 0.25) is 5.02 Å². The van der Waals surface area contributed by atoms with E-state index in [-0.39, 0.29) is 18.3 Å². The third-order valence-corrected chi connectivity index (χ3v) is 7.04. The van der Waals surface area contributed by atoms with Crippen molar-refractivity contribution in [2.75, 3.05) is 17.2 Å². The standard InChI is InChI=1S/C29H33ClF3N7/c1-6-7-8-9-18(2)24(23-16-40(39-38-23)28(10-11-28)29(31,32)33)37-20-12-21-25(36-17-27(3,4)5)19(14-34)15-35-26(21)22(30)13-20/h6-9,12-13,15-16,24,37-39H,2,10-11,17H2,1,3-5H3,(H,35,36)/b7-6-,9-8-/t24-/m0/s1. The summed E-state index contributed by atoms with van der Waals surface area (Å²) in [5.41, 5.74) is 6.73. The van der Waals surface area contributed by atoms with E-state index in [2.05, 4.69) is 60.0 Å². The molecule has 1 aromatic heterocycles. The van der Waals surface area contributed by atoms with Crippen molar-refractivity contribution in [2.24, 2.45) is 5.41 Å². The molecule has 0 bridgehead atoms. The van der Waals surface area contributed by atoms with Crippen LogP contribution in [-0.2, 0) is 0 Å². The number of nitrogens with zero attached hydrogens (tertiary/aromatic N) is 3. The van der Waals surface area contributed by atoms with Crippen molar-refractivity contribution in [1.82, 2.24) is 21.0 Å². The predicted octanol–water partition coefficient (Wildman–Crippen LogP) is 6.95. The Labute approximate surface area is 237 Å². The molecule has 2 aromatic rings. The minimum Gasteiger partial charge on any atom is -0.383 e. The number of halogens is 4. The van der Waals surface area contributed by atoms with Crippen molar-refractivity contribution in [3.63, 3.8) is 0 Å². The highest BCUT2D eigenvalue weighted by Crippen LogP contribution is 2.53. The molecule has 1 fully saturated rings. The molecular weight excluding hydrogens is 539 g/mol. The van der Waals surface area contributed by atoms with Crippen molar-refractivity contribution in [2.45, 2.75) is 58.3 Å². The summed E-state index contributed by atoms with van der Waals surface area (Å²) in [7, 11) is 0. The first-order valence-corrected chi connectivity index (χ1v) is 13.3. The van der Waals surface area contributed by atoms with Gasteiger partial charge in [-0.05, 0) is 42.9 Å². The van der Waals surface area contributed by atoms with E-state index in [1.165, 1.54) is 12.4 Å². The van der Waals surface area contributed by atoms with Crippen LogP contribution in [0.5, 0.6) is 0 Å². The Morgan fingerprint density at radius 1 is 1.30 bits per heavy atom. The number of fused-ring (bicyclic) bond motifs is 1. The van der Waals surface area contributed by atoms with Crippen LogP contribution in [0.1, 0.15) is 46.1 Å². The normalized spacial score (nSPS) is 17.6. The number of hydrogen-bond donors (Lipinski definition) is 4. The van der Waals surface area contributed by atoms with Gasteiger partial charge >= 0.3 is 6.18 Å². The zero-order valence-electron chi connectivity index (χ0n) is 22.9. The van der Waals surface area contributed by atoms with Gasteiger partial charge in [0, 0.05) is 30.0 Å². The average Bonchev–Trinajstić information content (AvgIpc) is 3.57. The molecule has 0 radical (unpaired) electrons. The molecule has 0 spiro atoms. The van der Waals surface area contributed by atoms with E-state index in [4.69, 9.17) is 11.6 Å². The first kappa shape index (κ1) is 29.3. The molecule has 2 aliphatic rings. The Balaban J connectivity index is 1.74. The molecule has 212 valence electrons. The second-order valence-electron chi connectivity index (χ2n) is 11.2. The highest BCUT2D eigenvalue weighted by atomic mass is 35.5. The van der Waals surface area contributed by atoms with Crippen LogP contribution in [0.15, 0.2) is 66.7 Å². The Kier molecular flexibility index (Phi) is 8.11. The molecule has 0 saturated heterocycles. The Morgan fingerprint density at radius 3 is 2.62 bits per heavy atom. The fraction of sp³-hybridized carbons (Fsp3) is 0.379. The summed E-state index contributed by atoms with van der Waals surface area (Å²) in [5, 5.41) is 18.6. The molecule has 11 heteroatoms. The van der Waals surface area contributed by atoms with Crippen molar-refractivity contribution in [1.29, 1.82) is 5.26 Å². The van der Waals surface area contributed by atoms with Crippen molar-refractivity contribution < 1.29 is 13.2 Å². The number of hydrazine groups is 2. The summed E-state index contributed by atoms with van der Waals surface area (Å²) in [6.45, 7) is 12.9. The first-order chi connectivity index (χ1) is 18.8. The van der Waals surface area contributed by atoms with Crippen LogP contribution >= 0.6 is 11.6 Å². The molecule has 40 heavy (non-hydrogen) atoms. The minimum absolute atomic E-state index is 0.00799. The molecule has 1 aromatic carbocycles. The smallest absolute Gasteiger partial charge is 0.383 e. The lowest BCUT2D eigenvalue weighted by Gasteiger charge is -2.28. The van der Waals surface area contributed by atoms with E-state index in [0.717, 1.165) is 5.01 Å². The van der Waals surface area contributed by atoms with Gasteiger partial charge in [0.15, 0.2) is 5.54 Å². The third kappa shape index (κ3) is 6.06. The number of nitriles is 1. The summed E-state index contributed by atoms with van der Waals surface area (Å²) < 4.78 is 41.3. The molecule has 4 N–H and O–H groups in total. The van der Waals surface area contributed by atoms with Crippen LogP contribution < -0.4 is 21.6 Å². The number of hydrogen-bond acceptors (Lipinski definition) is 7. The molecule has 0 unspecified atom stereocenters. The minimum atomic E-state index is -4.38. The molecule has 1 aliphatic carbocycles. The Bertz CT molecular complexity index is 1430. The predicted molar refractivity (Wildman–Crippen MR) is 154 cm³/mol. The van der Waals surface area contributed by atoms with Crippen LogP contribution in [0.4, 0.5) is 24.5 Å². The highest BCUT2D eigenvalue weighted by molar-refractivity contribution is 6.35.